The monoisotopic (exact) mass is 279 g/mol. The van der Waals surface area contributed by atoms with E-state index >= 15 is 0 Å². The molecule has 0 aliphatic carbocycles. The van der Waals surface area contributed by atoms with Crippen molar-refractivity contribution >= 4 is 16.7 Å². The van der Waals surface area contributed by atoms with E-state index in [0.29, 0.717) is 0 Å². The Morgan fingerprint density at radius 3 is 2.57 bits per heavy atom. The summed E-state index contributed by atoms with van der Waals surface area (Å²) in [5, 5.41) is 3.49. The quantitative estimate of drug-likeness (QED) is 0.780. The number of fused-ring (bicyclic) bond motifs is 1. The van der Waals surface area contributed by atoms with Crippen LogP contribution in [0.4, 0.5) is 5.69 Å². The maximum absolute atomic E-state index is 4.50. The predicted octanol–water partition coefficient (Wildman–Crippen LogP) is 4.07. The van der Waals surface area contributed by atoms with Crippen LogP contribution in [0.25, 0.3) is 11.0 Å². The maximum atomic E-state index is 4.50. The van der Waals surface area contributed by atoms with Gasteiger partial charge >= 0.3 is 0 Å². The zero-order chi connectivity index (χ0) is 14.8. The molecule has 0 unspecified atom stereocenters. The largest absolute Gasteiger partial charge is 0.383 e. The summed E-state index contributed by atoms with van der Waals surface area (Å²) in [5.41, 5.74) is 7.38. The van der Waals surface area contributed by atoms with Crippen LogP contribution < -0.4 is 5.32 Å². The Bertz CT molecular complexity index is 771. The summed E-state index contributed by atoms with van der Waals surface area (Å²) in [6.07, 6.45) is 1.93. The molecule has 0 bridgehead atoms. The lowest BCUT2D eigenvalue weighted by molar-refractivity contribution is 0.748. The molecule has 0 fully saturated rings. The van der Waals surface area contributed by atoms with E-state index < -0.39 is 0 Å². The Morgan fingerprint density at radius 1 is 1.00 bits per heavy atom. The third-order valence-electron chi connectivity index (χ3n) is 4.05. The Balaban J connectivity index is 1.74. The van der Waals surface area contributed by atoms with Crippen LogP contribution in [0.15, 0.2) is 42.7 Å². The third kappa shape index (κ3) is 2.77. The number of benzene rings is 2. The summed E-state index contributed by atoms with van der Waals surface area (Å²) in [6.45, 7) is 8.21. The van der Waals surface area contributed by atoms with Gasteiger partial charge in [-0.3, -0.25) is 0 Å². The normalized spacial score (nSPS) is 11.0. The first-order chi connectivity index (χ1) is 10.1. The summed E-state index contributed by atoms with van der Waals surface area (Å²) in [7, 11) is 0. The summed E-state index contributed by atoms with van der Waals surface area (Å²) in [4.78, 5) is 4.50. The highest BCUT2D eigenvalue weighted by atomic mass is 15.1. The van der Waals surface area contributed by atoms with Crippen molar-refractivity contribution in [3.8, 4) is 0 Å². The Labute approximate surface area is 125 Å². The molecule has 3 heteroatoms. The molecule has 0 spiro atoms. The minimum Gasteiger partial charge on any atom is -0.383 e. The van der Waals surface area contributed by atoms with Gasteiger partial charge in [0.05, 0.1) is 17.4 Å². The van der Waals surface area contributed by atoms with E-state index in [9.17, 15) is 0 Å². The molecule has 2 aromatic carbocycles. The second kappa shape index (κ2) is 5.60. The van der Waals surface area contributed by atoms with Crippen molar-refractivity contribution in [3.63, 3.8) is 0 Å². The van der Waals surface area contributed by atoms with Crippen molar-refractivity contribution in [1.29, 1.82) is 0 Å². The molecular formula is C18H21N3. The molecule has 1 N–H and O–H groups in total. The van der Waals surface area contributed by atoms with Gasteiger partial charge in [0, 0.05) is 18.8 Å². The minimum absolute atomic E-state index is 0.892. The van der Waals surface area contributed by atoms with Crippen LogP contribution in [0.3, 0.4) is 0 Å². The van der Waals surface area contributed by atoms with Crippen molar-refractivity contribution in [2.45, 2.75) is 27.3 Å². The van der Waals surface area contributed by atoms with E-state index in [1.807, 2.05) is 6.33 Å². The number of aromatic nitrogens is 2. The van der Waals surface area contributed by atoms with Gasteiger partial charge in [0.2, 0.25) is 0 Å². The maximum Gasteiger partial charge on any atom is 0.0958 e. The number of rotatable bonds is 4. The van der Waals surface area contributed by atoms with Gasteiger partial charge in [-0.25, -0.2) is 4.98 Å². The fraction of sp³-hybridized carbons (Fsp3) is 0.278. The van der Waals surface area contributed by atoms with Gasteiger partial charge < -0.3 is 9.88 Å². The molecule has 3 rings (SSSR count). The van der Waals surface area contributed by atoms with Crippen molar-refractivity contribution < 1.29 is 0 Å². The molecule has 1 heterocycles. The van der Waals surface area contributed by atoms with E-state index in [-0.39, 0.29) is 0 Å². The zero-order valence-corrected chi connectivity index (χ0v) is 12.9. The lowest BCUT2D eigenvalue weighted by atomic mass is 10.1. The van der Waals surface area contributed by atoms with Crippen molar-refractivity contribution in [3.05, 3.63) is 59.4 Å². The van der Waals surface area contributed by atoms with Gasteiger partial charge in [-0.05, 0) is 55.7 Å². The molecule has 0 amide bonds. The van der Waals surface area contributed by atoms with Gasteiger partial charge in [0.15, 0.2) is 0 Å². The number of nitrogens with one attached hydrogen (secondary N) is 1. The number of nitrogens with zero attached hydrogens (tertiary/aromatic N) is 2. The highest BCUT2D eigenvalue weighted by Crippen LogP contribution is 2.18. The Kier molecular flexibility index (Phi) is 3.65. The topological polar surface area (TPSA) is 29.9 Å². The number of hydrogen-bond acceptors (Lipinski definition) is 2. The number of imidazole rings is 1. The summed E-state index contributed by atoms with van der Waals surface area (Å²) >= 11 is 0. The highest BCUT2D eigenvalue weighted by Gasteiger charge is 2.05. The first-order valence-corrected chi connectivity index (χ1v) is 7.37. The van der Waals surface area contributed by atoms with E-state index in [0.717, 1.165) is 18.6 Å². The van der Waals surface area contributed by atoms with E-state index in [1.54, 1.807) is 0 Å². The molecule has 108 valence electrons. The molecule has 0 saturated heterocycles. The van der Waals surface area contributed by atoms with Gasteiger partial charge in [0.1, 0.15) is 0 Å². The molecule has 3 aromatic rings. The fourth-order valence-corrected chi connectivity index (χ4v) is 2.57. The molecule has 0 atom stereocenters. The Hall–Kier alpha value is -2.29. The first kappa shape index (κ1) is 13.7. The van der Waals surface area contributed by atoms with Gasteiger partial charge in [-0.1, -0.05) is 18.2 Å². The van der Waals surface area contributed by atoms with Gasteiger partial charge in [-0.15, -0.1) is 0 Å². The minimum atomic E-state index is 0.892. The lowest BCUT2D eigenvalue weighted by Gasteiger charge is -2.10. The Morgan fingerprint density at radius 2 is 1.76 bits per heavy atom. The van der Waals surface area contributed by atoms with Crippen LogP contribution in [0, 0.1) is 20.8 Å². The number of hydrogen-bond donors (Lipinski definition) is 1. The molecule has 0 saturated carbocycles. The van der Waals surface area contributed by atoms with Crippen molar-refractivity contribution in [1.82, 2.24) is 9.55 Å². The number of aryl methyl sites for hydroxylation is 3. The number of para-hydroxylation sites is 1. The molecule has 0 aliphatic heterocycles. The SMILES string of the molecule is Cc1cc2ncn(CCNc3ccccc3C)c2cc1C. The van der Waals surface area contributed by atoms with Crippen molar-refractivity contribution in [2.24, 2.45) is 0 Å². The van der Waals surface area contributed by atoms with Gasteiger partial charge in [0.25, 0.3) is 0 Å². The van der Waals surface area contributed by atoms with Crippen LogP contribution in [0.2, 0.25) is 0 Å². The second-order valence-electron chi connectivity index (χ2n) is 5.60. The fourth-order valence-electron chi connectivity index (χ4n) is 2.57. The standard InChI is InChI=1S/C18H21N3/c1-13-6-4-5-7-16(13)19-8-9-21-12-20-17-10-14(2)15(3)11-18(17)21/h4-7,10-12,19H,8-9H2,1-3H3. The molecule has 0 aliphatic rings. The predicted molar refractivity (Wildman–Crippen MR) is 88.9 cm³/mol. The van der Waals surface area contributed by atoms with Crippen LogP contribution in [-0.2, 0) is 6.54 Å². The van der Waals surface area contributed by atoms with E-state index in [4.69, 9.17) is 0 Å². The molecule has 0 radical (unpaired) electrons. The summed E-state index contributed by atoms with van der Waals surface area (Å²) < 4.78 is 2.22. The van der Waals surface area contributed by atoms with Crippen molar-refractivity contribution in [2.75, 3.05) is 11.9 Å². The molecule has 21 heavy (non-hydrogen) atoms. The number of anilines is 1. The van der Waals surface area contributed by atoms with E-state index in [2.05, 4.69) is 72.0 Å². The average molecular weight is 279 g/mol. The lowest BCUT2D eigenvalue weighted by Crippen LogP contribution is -2.10. The highest BCUT2D eigenvalue weighted by molar-refractivity contribution is 5.77. The van der Waals surface area contributed by atoms with Crippen LogP contribution in [-0.4, -0.2) is 16.1 Å². The summed E-state index contributed by atoms with van der Waals surface area (Å²) in [6, 6.07) is 12.8. The molecular weight excluding hydrogens is 258 g/mol. The molecule has 3 nitrogen and oxygen atoms in total. The third-order valence-corrected chi connectivity index (χ3v) is 4.05. The van der Waals surface area contributed by atoms with Gasteiger partial charge in [-0.2, -0.15) is 0 Å². The summed E-state index contributed by atoms with van der Waals surface area (Å²) in [5.74, 6) is 0. The average Bonchev–Trinajstić information content (AvgIpc) is 2.84. The molecule has 1 aromatic heterocycles. The van der Waals surface area contributed by atoms with Crippen LogP contribution in [0.5, 0.6) is 0 Å². The zero-order valence-electron chi connectivity index (χ0n) is 12.9. The smallest absolute Gasteiger partial charge is 0.0958 e. The van der Waals surface area contributed by atoms with E-state index in [1.165, 1.54) is 27.9 Å². The first-order valence-electron chi connectivity index (χ1n) is 7.37. The second-order valence-corrected chi connectivity index (χ2v) is 5.60. The van der Waals surface area contributed by atoms with Crippen LogP contribution >= 0.6 is 0 Å². The van der Waals surface area contributed by atoms with Crippen LogP contribution in [0.1, 0.15) is 16.7 Å².